The molecule has 10 heteroatoms. The highest BCUT2D eigenvalue weighted by Crippen LogP contribution is 2.37. The Bertz CT molecular complexity index is 1090. The fraction of sp³-hybridized carbons (Fsp3) is 0.176. The first-order valence-corrected chi connectivity index (χ1v) is 10.4. The molecule has 2 aromatic heterocycles. The molecule has 0 aliphatic carbocycles. The number of halogens is 3. The third-order valence-electron chi connectivity index (χ3n) is 3.63. The van der Waals surface area contributed by atoms with Gasteiger partial charge in [0, 0.05) is 34.8 Å². The smallest absolute Gasteiger partial charge is 0.332 e. The van der Waals surface area contributed by atoms with Gasteiger partial charge in [0.05, 0.1) is 16.2 Å². The maximum absolute atomic E-state index is 13.2. The number of pyridine rings is 1. The zero-order valence-corrected chi connectivity index (χ0v) is 15.8. The molecule has 3 aromatic rings. The standard InChI is InChI=1S/C17H14F3N3O2S2/c1-10-7-11(5-6-21-10)14-9-26-16(23-14)22-12-3-4-15(27(2,24)25)13(8-12)17(18,19)20/h3-9H,1-2H3,(H,22,23). The highest BCUT2D eigenvalue weighted by molar-refractivity contribution is 7.90. The molecule has 0 saturated heterocycles. The van der Waals surface area contributed by atoms with E-state index in [1.54, 1.807) is 17.6 Å². The van der Waals surface area contributed by atoms with Crippen LogP contribution in [0.2, 0.25) is 0 Å². The molecule has 2 heterocycles. The quantitative estimate of drug-likeness (QED) is 0.672. The lowest BCUT2D eigenvalue weighted by Crippen LogP contribution is -2.13. The number of thiazole rings is 1. The van der Waals surface area contributed by atoms with Crippen LogP contribution in [-0.4, -0.2) is 24.6 Å². The van der Waals surface area contributed by atoms with Crippen molar-refractivity contribution in [3.05, 3.63) is 53.2 Å². The summed E-state index contributed by atoms with van der Waals surface area (Å²) >= 11 is 1.23. The molecule has 0 fully saturated rings. The van der Waals surface area contributed by atoms with Crippen molar-refractivity contribution in [1.29, 1.82) is 0 Å². The van der Waals surface area contributed by atoms with Gasteiger partial charge in [0.1, 0.15) is 0 Å². The molecule has 0 atom stereocenters. The summed E-state index contributed by atoms with van der Waals surface area (Å²) in [5, 5.41) is 4.96. The number of alkyl halides is 3. The van der Waals surface area contributed by atoms with E-state index in [9.17, 15) is 21.6 Å². The number of nitrogens with zero attached hydrogens (tertiary/aromatic N) is 2. The molecule has 1 N–H and O–H groups in total. The Morgan fingerprint density at radius 1 is 1.15 bits per heavy atom. The number of aryl methyl sites for hydroxylation is 1. The largest absolute Gasteiger partial charge is 0.417 e. The van der Waals surface area contributed by atoms with Gasteiger partial charge in [-0.3, -0.25) is 4.98 Å². The molecular formula is C17H14F3N3O2S2. The van der Waals surface area contributed by atoms with Crippen molar-refractivity contribution in [2.75, 3.05) is 11.6 Å². The maximum atomic E-state index is 13.2. The van der Waals surface area contributed by atoms with Crippen LogP contribution in [-0.2, 0) is 16.0 Å². The van der Waals surface area contributed by atoms with Crippen molar-refractivity contribution in [2.24, 2.45) is 0 Å². The summed E-state index contributed by atoms with van der Waals surface area (Å²) in [5.74, 6) is 0. The van der Waals surface area contributed by atoms with Gasteiger partial charge in [-0.2, -0.15) is 13.2 Å². The molecule has 0 radical (unpaired) electrons. The Morgan fingerprint density at radius 2 is 1.89 bits per heavy atom. The molecule has 0 bridgehead atoms. The third kappa shape index (κ3) is 4.45. The van der Waals surface area contributed by atoms with Crippen molar-refractivity contribution in [1.82, 2.24) is 9.97 Å². The average Bonchev–Trinajstić information content (AvgIpc) is 3.01. The first-order chi connectivity index (χ1) is 12.5. The van der Waals surface area contributed by atoms with Crippen LogP contribution in [0.5, 0.6) is 0 Å². The number of benzene rings is 1. The number of rotatable bonds is 4. The molecule has 27 heavy (non-hydrogen) atoms. The molecular weight excluding hydrogens is 399 g/mol. The van der Waals surface area contributed by atoms with E-state index in [1.165, 1.54) is 17.4 Å². The zero-order valence-electron chi connectivity index (χ0n) is 14.2. The normalized spacial score (nSPS) is 12.2. The van der Waals surface area contributed by atoms with Crippen molar-refractivity contribution in [3.8, 4) is 11.3 Å². The molecule has 0 amide bonds. The van der Waals surface area contributed by atoms with Crippen LogP contribution in [0.3, 0.4) is 0 Å². The minimum Gasteiger partial charge on any atom is -0.332 e. The van der Waals surface area contributed by atoms with Crippen molar-refractivity contribution in [2.45, 2.75) is 18.0 Å². The molecule has 142 valence electrons. The van der Waals surface area contributed by atoms with Gasteiger partial charge in [-0.25, -0.2) is 13.4 Å². The van der Waals surface area contributed by atoms with Gasteiger partial charge in [0.15, 0.2) is 15.0 Å². The maximum Gasteiger partial charge on any atom is 0.417 e. The van der Waals surface area contributed by atoms with Crippen LogP contribution in [0.25, 0.3) is 11.3 Å². The Balaban J connectivity index is 1.93. The SMILES string of the molecule is Cc1cc(-c2csc(Nc3ccc(S(C)(=O)=O)c(C(F)(F)F)c3)n2)ccn1. The van der Waals surface area contributed by atoms with Gasteiger partial charge in [-0.1, -0.05) is 0 Å². The van der Waals surface area contributed by atoms with Gasteiger partial charge in [-0.15, -0.1) is 11.3 Å². The fourth-order valence-electron chi connectivity index (χ4n) is 2.44. The van der Waals surface area contributed by atoms with E-state index in [0.29, 0.717) is 10.8 Å². The third-order valence-corrected chi connectivity index (χ3v) is 5.54. The minimum atomic E-state index is -4.79. The Morgan fingerprint density at radius 3 is 2.52 bits per heavy atom. The summed E-state index contributed by atoms with van der Waals surface area (Å²) in [6.45, 7) is 1.84. The zero-order chi connectivity index (χ0) is 19.8. The average molecular weight is 413 g/mol. The van der Waals surface area contributed by atoms with Gasteiger partial charge in [-0.05, 0) is 37.3 Å². The number of anilines is 2. The van der Waals surface area contributed by atoms with E-state index in [4.69, 9.17) is 0 Å². The summed E-state index contributed by atoms with van der Waals surface area (Å²) in [7, 11) is -4.01. The first kappa shape index (κ1) is 19.3. The number of nitrogens with one attached hydrogen (secondary N) is 1. The predicted octanol–water partition coefficient (Wildman–Crippen LogP) is 4.68. The lowest BCUT2D eigenvalue weighted by atomic mass is 10.2. The molecule has 0 saturated carbocycles. The number of sulfone groups is 1. The molecule has 0 spiro atoms. The van der Waals surface area contributed by atoms with Gasteiger partial charge in [0.2, 0.25) is 0 Å². The predicted molar refractivity (Wildman–Crippen MR) is 97.9 cm³/mol. The van der Waals surface area contributed by atoms with E-state index in [0.717, 1.165) is 29.6 Å². The minimum absolute atomic E-state index is 0.0986. The number of hydrogen-bond acceptors (Lipinski definition) is 6. The molecule has 1 aromatic carbocycles. The van der Waals surface area contributed by atoms with Crippen LogP contribution in [0.15, 0.2) is 46.8 Å². The van der Waals surface area contributed by atoms with E-state index in [2.05, 4.69) is 15.3 Å². The van der Waals surface area contributed by atoms with E-state index in [1.807, 2.05) is 13.0 Å². The summed E-state index contributed by atoms with van der Waals surface area (Å²) in [6, 6.07) is 6.63. The van der Waals surface area contributed by atoms with Gasteiger partial charge in [0.25, 0.3) is 0 Å². The van der Waals surface area contributed by atoms with Crippen LogP contribution in [0.1, 0.15) is 11.3 Å². The molecule has 0 aliphatic heterocycles. The summed E-state index contributed by atoms with van der Waals surface area (Å²) in [4.78, 5) is 7.71. The second kappa shape index (κ2) is 6.93. The fourth-order valence-corrected chi connectivity index (χ4v) is 4.07. The molecule has 3 rings (SSSR count). The van der Waals surface area contributed by atoms with Crippen LogP contribution in [0, 0.1) is 6.92 Å². The topological polar surface area (TPSA) is 72.0 Å². The monoisotopic (exact) mass is 413 g/mol. The van der Waals surface area contributed by atoms with E-state index >= 15 is 0 Å². The van der Waals surface area contributed by atoms with Crippen LogP contribution in [0.4, 0.5) is 24.0 Å². The Kier molecular flexibility index (Phi) is 4.96. The lowest BCUT2D eigenvalue weighted by Gasteiger charge is -2.13. The van der Waals surface area contributed by atoms with Crippen LogP contribution < -0.4 is 5.32 Å². The highest BCUT2D eigenvalue weighted by Gasteiger charge is 2.36. The molecule has 5 nitrogen and oxygen atoms in total. The second-order valence-corrected chi connectivity index (χ2v) is 8.67. The van der Waals surface area contributed by atoms with Gasteiger partial charge < -0.3 is 5.32 Å². The van der Waals surface area contributed by atoms with Crippen molar-refractivity contribution < 1.29 is 21.6 Å². The molecule has 0 aliphatic rings. The first-order valence-electron chi connectivity index (χ1n) is 7.61. The van der Waals surface area contributed by atoms with Gasteiger partial charge >= 0.3 is 6.18 Å². The Labute approximate surface area is 157 Å². The summed E-state index contributed by atoms with van der Waals surface area (Å²) < 4.78 is 63.0. The number of hydrogen-bond donors (Lipinski definition) is 1. The van der Waals surface area contributed by atoms with Crippen LogP contribution >= 0.6 is 11.3 Å². The summed E-state index contributed by atoms with van der Waals surface area (Å²) in [5.41, 5.74) is 1.21. The van der Waals surface area contributed by atoms with E-state index < -0.39 is 26.5 Å². The van der Waals surface area contributed by atoms with Crippen molar-refractivity contribution >= 4 is 32.0 Å². The van der Waals surface area contributed by atoms with E-state index in [-0.39, 0.29) is 5.69 Å². The lowest BCUT2D eigenvalue weighted by molar-refractivity contribution is -0.139. The second-order valence-electron chi connectivity index (χ2n) is 5.83. The Hall–Kier alpha value is -2.46. The number of aromatic nitrogens is 2. The molecule has 0 unspecified atom stereocenters. The highest BCUT2D eigenvalue weighted by atomic mass is 32.2. The van der Waals surface area contributed by atoms with Crippen molar-refractivity contribution in [3.63, 3.8) is 0 Å². The summed E-state index contributed by atoms with van der Waals surface area (Å²) in [6.07, 6.45) is -2.40.